The van der Waals surface area contributed by atoms with Crippen LogP contribution in [0, 0.1) is 5.92 Å². The van der Waals surface area contributed by atoms with E-state index >= 15 is 0 Å². The SMILES string of the molecule is O=C(NC1CCCCC1O)C1CCN(c2cnccn2)CC1. The van der Waals surface area contributed by atoms with Gasteiger partial charge < -0.3 is 15.3 Å². The second-order valence-corrected chi connectivity index (χ2v) is 6.29. The van der Waals surface area contributed by atoms with Crippen molar-refractivity contribution in [3.8, 4) is 0 Å². The van der Waals surface area contributed by atoms with E-state index in [2.05, 4.69) is 20.2 Å². The Bertz CT molecular complexity index is 488. The standard InChI is InChI=1S/C16H24N4O2/c21-14-4-2-1-3-13(14)19-16(22)12-5-9-20(10-6-12)15-11-17-7-8-18-15/h7-8,11-14,21H,1-6,9-10H2,(H,19,22). The number of nitrogens with zero attached hydrogens (tertiary/aromatic N) is 3. The lowest BCUT2D eigenvalue weighted by Crippen LogP contribution is -2.49. The van der Waals surface area contributed by atoms with Crippen LogP contribution in [0.25, 0.3) is 0 Å². The highest BCUT2D eigenvalue weighted by Gasteiger charge is 2.30. The molecule has 2 N–H and O–H groups in total. The fourth-order valence-corrected chi connectivity index (χ4v) is 3.41. The molecule has 1 amide bonds. The molecule has 120 valence electrons. The third-order valence-electron chi connectivity index (χ3n) is 4.80. The molecule has 0 bridgehead atoms. The summed E-state index contributed by atoms with van der Waals surface area (Å²) in [4.78, 5) is 23.0. The average Bonchev–Trinajstić information content (AvgIpc) is 2.58. The first kappa shape index (κ1) is 15.2. The Morgan fingerprint density at radius 3 is 2.64 bits per heavy atom. The first-order valence-corrected chi connectivity index (χ1v) is 8.23. The molecule has 2 fully saturated rings. The third kappa shape index (κ3) is 3.55. The molecular weight excluding hydrogens is 280 g/mol. The van der Waals surface area contributed by atoms with E-state index in [1.807, 2.05) is 0 Å². The van der Waals surface area contributed by atoms with Gasteiger partial charge in [-0.15, -0.1) is 0 Å². The summed E-state index contributed by atoms with van der Waals surface area (Å²) in [6.07, 6.45) is 10.2. The van der Waals surface area contributed by atoms with Gasteiger partial charge in [0.15, 0.2) is 0 Å². The fourth-order valence-electron chi connectivity index (χ4n) is 3.41. The monoisotopic (exact) mass is 304 g/mol. The number of rotatable bonds is 3. The predicted octanol–water partition coefficient (Wildman–Crippen LogP) is 1.11. The molecule has 1 aromatic rings. The molecule has 6 nitrogen and oxygen atoms in total. The average molecular weight is 304 g/mol. The van der Waals surface area contributed by atoms with E-state index in [0.717, 1.165) is 57.4 Å². The van der Waals surface area contributed by atoms with Crippen LogP contribution in [0.1, 0.15) is 38.5 Å². The van der Waals surface area contributed by atoms with E-state index in [1.54, 1.807) is 18.6 Å². The van der Waals surface area contributed by atoms with Gasteiger partial charge in [-0.05, 0) is 25.7 Å². The minimum Gasteiger partial charge on any atom is -0.391 e. The maximum atomic E-state index is 12.4. The van der Waals surface area contributed by atoms with Gasteiger partial charge >= 0.3 is 0 Å². The van der Waals surface area contributed by atoms with Crippen LogP contribution in [0.4, 0.5) is 5.82 Å². The van der Waals surface area contributed by atoms with Crippen molar-refractivity contribution in [2.24, 2.45) is 5.92 Å². The van der Waals surface area contributed by atoms with Gasteiger partial charge in [0.1, 0.15) is 5.82 Å². The molecule has 22 heavy (non-hydrogen) atoms. The molecule has 1 aliphatic carbocycles. The van der Waals surface area contributed by atoms with E-state index in [1.165, 1.54) is 0 Å². The predicted molar refractivity (Wildman–Crippen MR) is 83.4 cm³/mol. The summed E-state index contributed by atoms with van der Waals surface area (Å²) in [6, 6.07) is -0.0562. The first-order valence-electron chi connectivity index (χ1n) is 8.23. The van der Waals surface area contributed by atoms with Gasteiger partial charge in [0.25, 0.3) is 0 Å². The van der Waals surface area contributed by atoms with E-state index in [0.29, 0.717) is 0 Å². The van der Waals surface area contributed by atoms with Crippen LogP contribution in [-0.2, 0) is 4.79 Å². The minimum absolute atomic E-state index is 0.0436. The molecule has 1 aliphatic heterocycles. The lowest BCUT2D eigenvalue weighted by molar-refractivity contribution is -0.127. The number of carbonyl (C=O) groups excluding carboxylic acids is 1. The number of hydrogen-bond acceptors (Lipinski definition) is 5. The lowest BCUT2D eigenvalue weighted by atomic mass is 9.90. The Morgan fingerprint density at radius 2 is 1.95 bits per heavy atom. The van der Waals surface area contributed by atoms with Crippen molar-refractivity contribution in [3.05, 3.63) is 18.6 Å². The van der Waals surface area contributed by atoms with Crippen LogP contribution in [0.2, 0.25) is 0 Å². The van der Waals surface area contributed by atoms with Gasteiger partial charge in [-0.3, -0.25) is 9.78 Å². The van der Waals surface area contributed by atoms with Gasteiger partial charge in [-0.25, -0.2) is 4.98 Å². The van der Waals surface area contributed by atoms with Crippen LogP contribution in [0.3, 0.4) is 0 Å². The molecule has 1 saturated carbocycles. The van der Waals surface area contributed by atoms with Gasteiger partial charge in [-0.2, -0.15) is 0 Å². The normalized spacial score (nSPS) is 26.7. The zero-order valence-corrected chi connectivity index (χ0v) is 12.8. The molecule has 0 aromatic carbocycles. The topological polar surface area (TPSA) is 78.4 Å². The molecule has 3 rings (SSSR count). The van der Waals surface area contributed by atoms with Crippen molar-refractivity contribution in [1.29, 1.82) is 0 Å². The number of piperidine rings is 1. The van der Waals surface area contributed by atoms with Crippen molar-refractivity contribution >= 4 is 11.7 Å². The van der Waals surface area contributed by atoms with Crippen LogP contribution >= 0.6 is 0 Å². The number of anilines is 1. The zero-order valence-electron chi connectivity index (χ0n) is 12.8. The smallest absolute Gasteiger partial charge is 0.223 e. The van der Waals surface area contributed by atoms with E-state index < -0.39 is 0 Å². The number of aliphatic hydroxyl groups excluding tert-OH is 1. The summed E-state index contributed by atoms with van der Waals surface area (Å²) in [5, 5.41) is 13.0. The van der Waals surface area contributed by atoms with Crippen molar-refractivity contribution in [2.45, 2.75) is 50.7 Å². The van der Waals surface area contributed by atoms with Crippen molar-refractivity contribution in [2.75, 3.05) is 18.0 Å². The maximum absolute atomic E-state index is 12.4. The molecule has 1 aromatic heterocycles. The summed E-state index contributed by atoms with van der Waals surface area (Å²) in [7, 11) is 0. The van der Waals surface area contributed by atoms with Crippen LogP contribution in [-0.4, -0.2) is 46.2 Å². The molecular formula is C16H24N4O2. The zero-order chi connectivity index (χ0) is 15.4. The summed E-state index contributed by atoms with van der Waals surface area (Å²) in [5.41, 5.74) is 0. The second kappa shape index (κ2) is 7.05. The van der Waals surface area contributed by atoms with Crippen molar-refractivity contribution in [3.63, 3.8) is 0 Å². The van der Waals surface area contributed by atoms with E-state index in [4.69, 9.17) is 0 Å². The van der Waals surface area contributed by atoms with E-state index in [9.17, 15) is 9.90 Å². The molecule has 2 heterocycles. The van der Waals surface area contributed by atoms with Gasteiger partial charge in [0, 0.05) is 31.4 Å². The van der Waals surface area contributed by atoms with Crippen LogP contribution in [0.5, 0.6) is 0 Å². The first-order chi connectivity index (χ1) is 10.7. The van der Waals surface area contributed by atoms with Crippen LogP contribution in [0.15, 0.2) is 18.6 Å². The second-order valence-electron chi connectivity index (χ2n) is 6.29. The maximum Gasteiger partial charge on any atom is 0.223 e. The quantitative estimate of drug-likeness (QED) is 0.875. The molecule has 2 atom stereocenters. The highest BCUT2D eigenvalue weighted by molar-refractivity contribution is 5.79. The minimum atomic E-state index is -0.377. The van der Waals surface area contributed by atoms with Crippen molar-refractivity contribution in [1.82, 2.24) is 15.3 Å². The van der Waals surface area contributed by atoms with Crippen molar-refractivity contribution < 1.29 is 9.90 Å². The summed E-state index contributed by atoms with van der Waals surface area (Å²) in [5.74, 6) is 1.02. The Labute approximate surface area is 131 Å². The van der Waals surface area contributed by atoms with E-state index in [-0.39, 0.29) is 24.0 Å². The Morgan fingerprint density at radius 1 is 1.18 bits per heavy atom. The molecule has 2 unspecified atom stereocenters. The van der Waals surface area contributed by atoms with Gasteiger partial charge in [-0.1, -0.05) is 12.8 Å². The molecule has 2 aliphatic rings. The number of nitrogens with one attached hydrogen (secondary N) is 1. The highest BCUT2D eigenvalue weighted by Crippen LogP contribution is 2.23. The lowest BCUT2D eigenvalue weighted by Gasteiger charge is -2.34. The summed E-state index contributed by atoms with van der Waals surface area (Å²) < 4.78 is 0. The molecule has 6 heteroatoms. The summed E-state index contributed by atoms with van der Waals surface area (Å²) >= 11 is 0. The summed E-state index contributed by atoms with van der Waals surface area (Å²) in [6.45, 7) is 1.65. The van der Waals surface area contributed by atoms with Gasteiger partial charge in [0.05, 0.1) is 18.3 Å². The molecule has 1 saturated heterocycles. The van der Waals surface area contributed by atoms with Gasteiger partial charge in [0.2, 0.25) is 5.91 Å². The Kier molecular flexibility index (Phi) is 4.87. The Balaban J connectivity index is 1.49. The number of hydrogen-bond donors (Lipinski definition) is 2. The number of carbonyl (C=O) groups is 1. The highest BCUT2D eigenvalue weighted by atomic mass is 16.3. The number of aromatic nitrogens is 2. The number of amides is 1. The number of aliphatic hydroxyl groups is 1. The third-order valence-corrected chi connectivity index (χ3v) is 4.80. The largest absolute Gasteiger partial charge is 0.391 e. The molecule has 0 radical (unpaired) electrons. The molecule has 0 spiro atoms. The fraction of sp³-hybridized carbons (Fsp3) is 0.688. The Hall–Kier alpha value is -1.69. The van der Waals surface area contributed by atoms with Crippen LogP contribution < -0.4 is 10.2 Å².